The number of nitrogens with one attached hydrogen (secondary N) is 1. The summed E-state index contributed by atoms with van der Waals surface area (Å²) in [6.07, 6.45) is 2.17. The lowest BCUT2D eigenvalue weighted by Crippen LogP contribution is -2.47. The molecule has 1 aromatic rings. The largest absolute Gasteiger partial charge is 0.379 e. The fourth-order valence-corrected chi connectivity index (χ4v) is 3.23. The fraction of sp³-hybridized carbons (Fsp3) is 0.625. The lowest BCUT2D eigenvalue weighted by atomic mass is 10.1. The Bertz CT molecular complexity index is 368. The maximum Gasteiger partial charge on any atom is 0.0594 e. The van der Waals surface area contributed by atoms with Gasteiger partial charge in [0, 0.05) is 37.5 Å². The van der Waals surface area contributed by atoms with E-state index in [1.54, 1.807) is 0 Å². The van der Waals surface area contributed by atoms with Gasteiger partial charge in [0.1, 0.15) is 0 Å². The van der Waals surface area contributed by atoms with E-state index in [1.807, 2.05) is 11.8 Å². The third-order valence-corrected chi connectivity index (χ3v) is 4.53. The van der Waals surface area contributed by atoms with Crippen LogP contribution in [0.3, 0.4) is 0 Å². The summed E-state index contributed by atoms with van der Waals surface area (Å²) in [4.78, 5) is 2.51. The van der Waals surface area contributed by atoms with E-state index < -0.39 is 0 Å². The standard InChI is InChI=1S/C16H26N2OS/c1-14(18-8-10-19-11-9-18)12-17-16(13-20-2)15-6-4-3-5-7-15/h3-7,14,16-17H,8-13H2,1-2H3/t14-,16-/m1/s1. The van der Waals surface area contributed by atoms with Gasteiger partial charge in [-0.05, 0) is 18.7 Å². The van der Waals surface area contributed by atoms with Crippen molar-refractivity contribution in [3.8, 4) is 0 Å². The van der Waals surface area contributed by atoms with Crippen LogP contribution in [0.5, 0.6) is 0 Å². The molecule has 0 bridgehead atoms. The number of hydrogen-bond donors (Lipinski definition) is 1. The average molecular weight is 294 g/mol. The van der Waals surface area contributed by atoms with Gasteiger partial charge in [-0.15, -0.1) is 0 Å². The molecule has 0 aromatic heterocycles. The first kappa shape index (κ1) is 15.8. The van der Waals surface area contributed by atoms with E-state index >= 15 is 0 Å². The molecule has 112 valence electrons. The van der Waals surface area contributed by atoms with Gasteiger partial charge in [0.2, 0.25) is 0 Å². The van der Waals surface area contributed by atoms with Crippen molar-refractivity contribution in [3.63, 3.8) is 0 Å². The molecule has 0 saturated carbocycles. The lowest BCUT2D eigenvalue weighted by molar-refractivity contribution is 0.0200. The molecule has 1 saturated heterocycles. The minimum Gasteiger partial charge on any atom is -0.379 e. The van der Waals surface area contributed by atoms with Crippen molar-refractivity contribution in [2.24, 2.45) is 0 Å². The molecule has 20 heavy (non-hydrogen) atoms. The lowest BCUT2D eigenvalue weighted by Gasteiger charge is -2.33. The van der Waals surface area contributed by atoms with Gasteiger partial charge >= 0.3 is 0 Å². The molecule has 0 spiro atoms. The zero-order chi connectivity index (χ0) is 14.2. The second-order valence-corrected chi connectivity index (χ2v) is 6.23. The number of rotatable bonds is 7. The van der Waals surface area contributed by atoms with Gasteiger partial charge in [0.25, 0.3) is 0 Å². The summed E-state index contributed by atoms with van der Waals surface area (Å²) >= 11 is 1.90. The van der Waals surface area contributed by atoms with Crippen LogP contribution in [0.4, 0.5) is 0 Å². The molecule has 0 amide bonds. The van der Waals surface area contributed by atoms with Gasteiger partial charge in [0.05, 0.1) is 13.2 Å². The highest BCUT2D eigenvalue weighted by Gasteiger charge is 2.18. The number of hydrogen-bond acceptors (Lipinski definition) is 4. The van der Waals surface area contributed by atoms with E-state index in [0.717, 1.165) is 38.6 Å². The Labute approximate surface area is 127 Å². The summed E-state index contributed by atoms with van der Waals surface area (Å²) in [7, 11) is 0. The number of nitrogens with zero attached hydrogens (tertiary/aromatic N) is 1. The van der Waals surface area contributed by atoms with Crippen molar-refractivity contribution in [1.82, 2.24) is 10.2 Å². The normalized spacial score (nSPS) is 19.7. The van der Waals surface area contributed by atoms with Crippen LogP contribution in [0.2, 0.25) is 0 Å². The quantitative estimate of drug-likeness (QED) is 0.834. The Balaban J connectivity index is 1.85. The van der Waals surface area contributed by atoms with Crippen LogP contribution in [-0.4, -0.2) is 55.8 Å². The summed E-state index contributed by atoms with van der Waals surface area (Å²) in [6, 6.07) is 11.8. The number of morpholine rings is 1. The highest BCUT2D eigenvalue weighted by Crippen LogP contribution is 2.17. The smallest absolute Gasteiger partial charge is 0.0594 e. The van der Waals surface area contributed by atoms with Crippen molar-refractivity contribution < 1.29 is 4.74 Å². The van der Waals surface area contributed by atoms with Crippen LogP contribution < -0.4 is 5.32 Å². The first-order valence-corrected chi connectivity index (χ1v) is 8.79. The molecule has 0 aliphatic carbocycles. The topological polar surface area (TPSA) is 24.5 Å². The second kappa shape index (κ2) is 8.67. The monoisotopic (exact) mass is 294 g/mol. The molecular formula is C16H26N2OS. The molecule has 2 rings (SSSR count). The molecule has 1 aromatic carbocycles. The van der Waals surface area contributed by atoms with E-state index in [2.05, 4.69) is 53.7 Å². The zero-order valence-electron chi connectivity index (χ0n) is 12.5. The Hall–Kier alpha value is -0.550. The van der Waals surface area contributed by atoms with Crippen molar-refractivity contribution in [3.05, 3.63) is 35.9 Å². The van der Waals surface area contributed by atoms with Gasteiger partial charge in [-0.1, -0.05) is 30.3 Å². The van der Waals surface area contributed by atoms with Crippen LogP contribution in [0.1, 0.15) is 18.5 Å². The van der Waals surface area contributed by atoms with E-state index in [-0.39, 0.29) is 0 Å². The third-order valence-electron chi connectivity index (χ3n) is 3.86. The zero-order valence-corrected chi connectivity index (χ0v) is 13.4. The molecule has 1 fully saturated rings. The summed E-state index contributed by atoms with van der Waals surface area (Å²) < 4.78 is 5.42. The summed E-state index contributed by atoms with van der Waals surface area (Å²) in [5.41, 5.74) is 1.39. The van der Waals surface area contributed by atoms with Crippen LogP contribution >= 0.6 is 11.8 Å². The molecule has 1 aliphatic heterocycles. The van der Waals surface area contributed by atoms with E-state index in [9.17, 15) is 0 Å². The molecule has 1 N–H and O–H groups in total. The van der Waals surface area contributed by atoms with Gasteiger partial charge in [-0.25, -0.2) is 0 Å². The Morgan fingerprint density at radius 2 is 1.95 bits per heavy atom. The van der Waals surface area contributed by atoms with Crippen LogP contribution in [0, 0.1) is 0 Å². The average Bonchev–Trinajstić information content (AvgIpc) is 2.53. The molecular weight excluding hydrogens is 268 g/mol. The first-order chi connectivity index (χ1) is 9.81. The highest BCUT2D eigenvalue weighted by molar-refractivity contribution is 7.98. The van der Waals surface area contributed by atoms with Crippen molar-refractivity contribution in [1.29, 1.82) is 0 Å². The summed E-state index contributed by atoms with van der Waals surface area (Å²) in [5.74, 6) is 1.11. The van der Waals surface area contributed by atoms with E-state index in [0.29, 0.717) is 12.1 Å². The Kier molecular flexibility index (Phi) is 6.87. The first-order valence-electron chi connectivity index (χ1n) is 7.40. The fourth-order valence-electron chi connectivity index (χ4n) is 2.59. The van der Waals surface area contributed by atoms with Gasteiger partial charge in [0.15, 0.2) is 0 Å². The van der Waals surface area contributed by atoms with Crippen LogP contribution in [0.15, 0.2) is 30.3 Å². The van der Waals surface area contributed by atoms with Gasteiger partial charge in [-0.3, -0.25) is 4.90 Å². The Morgan fingerprint density at radius 3 is 2.60 bits per heavy atom. The number of benzene rings is 1. The maximum atomic E-state index is 5.42. The Morgan fingerprint density at radius 1 is 1.25 bits per heavy atom. The van der Waals surface area contributed by atoms with Crippen molar-refractivity contribution in [2.75, 3.05) is 44.9 Å². The third kappa shape index (κ3) is 4.77. The number of thioether (sulfide) groups is 1. The predicted molar refractivity (Wildman–Crippen MR) is 87.4 cm³/mol. The predicted octanol–water partition coefficient (Wildman–Crippen LogP) is 2.40. The van der Waals surface area contributed by atoms with Crippen molar-refractivity contribution >= 4 is 11.8 Å². The van der Waals surface area contributed by atoms with E-state index in [4.69, 9.17) is 4.74 Å². The molecule has 2 atom stereocenters. The van der Waals surface area contributed by atoms with Gasteiger partial charge in [-0.2, -0.15) is 11.8 Å². The molecule has 0 unspecified atom stereocenters. The molecule has 4 heteroatoms. The van der Waals surface area contributed by atoms with Gasteiger partial charge < -0.3 is 10.1 Å². The van der Waals surface area contributed by atoms with Crippen LogP contribution in [-0.2, 0) is 4.74 Å². The minimum absolute atomic E-state index is 0.440. The van der Waals surface area contributed by atoms with E-state index in [1.165, 1.54) is 5.56 Å². The SMILES string of the molecule is CSC[C@@H](NC[C@@H](C)N1CCOCC1)c1ccccc1. The minimum atomic E-state index is 0.440. The molecule has 1 heterocycles. The molecule has 0 radical (unpaired) electrons. The maximum absolute atomic E-state index is 5.42. The second-order valence-electron chi connectivity index (χ2n) is 5.32. The summed E-state index contributed by atoms with van der Waals surface area (Å²) in [5, 5.41) is 3.73. The summed E-state index contributed by atoms with van der Waals surface area (Å²) in [6.45, 7) is 7.19. The molecule has 1 aliphatic rings. The number of ether oxygens (including phenoxy) is 1. The molecule has 3 nitrogen and oxygen atoms in total. The highest BCUT2D eigenvalue weighted by atomic mass is 32.2. The van der Waals surface area contributed by atoms with Crippen LogP contribution in [0.25, 0.3) is 0 Å². The van der Waals surface area contributed by atoms with Crippen molar-refractivity contribution in [2.45, 2.75) is 19.0 Å².